The van der Waals surface area contributed by atoms with Crippen molar-refractivity contribution in [2.45, 2.75) is 39.2 Å². The molecular formula is C16H25BrN4O3. The summed E-state index contributed by atoms with van der Waals surface area (Å²) in [5, 5.41) is 6.90. The largest absolute Gasteiger partial charge is 0.444 e. The fourth-order valence-corrected chi connectivity index (χ4v) is 3.20. The quantitative estimate of drug-likeness (QED) is 0.845. The van der Waals surface area contributed by atoms with Crippen LogP contribution in [0.4, 0.5) is 4.79 Å². The highest BCUT2D eigenvalue weighted by Crippen LogP contribution is 2.22. The number of nitrogens with one attached hydrogen (secondary N) is 1. The number of hydrogen-bond acceptors (Lipinski definition) is 4. The van der Waals surface area contributed by atoms with Crippen LogP contribution in [0.3, 0.4) is 0 Å². The Kier molecular flexibility index (Phi) is 5.90. The van der Waals surface area contributed by atoms with Gasteiger partial charge in [-0.05, 0) is 55.5 Å². The van der Waals surface area contributed by atoms with E-state index < -0.39 is 5.60 Å². The molecule has 0 unspecified atom stereocenters. The summed E-state index contributed by atoms with van der Waals surface area (Å²) in [6, 6.07) is 0. The van der Waals surface area contributed by atoms with E-state index in [1.54, 1.807) is 17.9 Å². The Balaban J connectivity index is 1.79. The molecule has 0 bridgehead atoms. The van der Waals surface area contributed by atoms with Crippen LogP contribution in [0.15, 0.2) is 10.7 Å². The second-order valence-corrected chi connectivity index (χ2v) is 7.94. The molecule has 0 atom stereocenters. The van der Waals surface area contributed by atoms with Crippen molar-refractivity contribution in [3.05, 3.63) is 16.4 Å². The number of aromatic nitrogens is 2. The maximum absolute atomic E-state index is 12.6. The number of hydrogen-bond donors (Lipinski definition) is 1. The lowest BCUT2D eigenvalue weighted by molar-refractivity contribution is 0.0499. The van der Waals surface area contributed by atoms with Gasteiger partial charge in [-0.15, -0.1) is 0 Å². The minimum atomic E-state index is -0.490. The predicted octanol–water partition coefficient (Wildman–Crippen LogP) is 2.56. The molecule has 1 aliphatic rings. The minimum Gasteiger partial charge on any atom is -0.444 e. The van der Waals surface area contributed by atoms with E-state index in [-0.39, 0.29) is 12.0 Å². The van der Waals surface area contributed by atoms with Gasteiger partial charge in [0.2, 0.25) is 0 Å². The van der Waals surface area contributed by atoms with Crippen LogP contribution < -0.4 is 5.32 Å². The standard InChI is InChI=1S/C16H25BrN4O3/c1-16(2,3)24-15(23)18-9-11-5-7-21(8-6-11)14(22)13-12(17)10-19-20(13)4/h10-11H,5-9H2,1-4H3,(H,18,23). The highest BCUT2D eigenvalue weighted by molar-refractivity contribution is 9.10. The summed E-state index contributed by atoms with van der Waals surface area (Å²) < 4.78 is 7.53. The number of rotatable bonds is 3. The summed E-state index contributed by atoms with van der Waals surface area (Å²) in [6.07, 6.45) is 2.96. The maximum Gasteiger partial charge on any atom is 0.407 e. The molecule has 0 spiro atoms. The molecule has 1 N–H and O–H groups in total. The van der Waals surface area contributed by atoms with Gasteiger partial charge in [0.15, 0.2) is 0 Å². The molecule has 1 fully saturated rings. The van der Waals surface area contributed by atoms with Gasteiger partial charge in [0.05, 0.1) is 10.7 Å². The van der Waals surface area contributed by atoms with Crippen molar-refractivity contribution in [3.8, 4) is 0 Å². The first-order valence-electron chi connectivity index (χ1n) is 8.11. The fourth-order valence-electron chi connectivity index (χ4n) is 2.68. The molecule has 0 aromatic carbocycles. The number of likely N-dealkylation sites (tertiary alicyclic amines) is 1. The Morgan fingerprint density at radius 1 is 1.38 bits per heavy atom. The average molecular weight is 401 g/mol. The normalized spacial score (nSPS) is 16.1. The van der Waals surface area contributed by atoms with E-state index in [1.807, 2.05) is 25.7 Å². The lowest BCUT2D eigenvalue weighted by atomic mass is 9.96. The first-order valence-corrected chi connectivity index (χ1v) is 8.90. The van der Waals surface area contributed by atoms with Crippen LogP contribution in [0.2, 0.25) is 0 Å². The van der Waals surface area contributed by atoms with Crippen molar-refractivity contribution in [2.75, 3.05) is 19.6 Å². The topological polar surface area (TPSA) is 76.5 Å². The molecule has 24 heavy (non-hydrogen) atoms. The zero-order valence-electron chi connectivity index (χ0n) is 14.6. The Bertz CT molecular complexity index is 581. The molecule has 2 rings (SSSR count). The van der Waals surface area contributed by atoms with Crippen LogP contribution in [-0.4, -0.2) is 51.9 Å². The molecular weight excluding hydrogens is 376 g/mol. The van der Waals surface area contributed by atoms with E-state index >= 15 is 0 Å². The van der Waals surface area contributed by atoms with E-state index in [4.69, 9.17) is 4.74 Å². The van der Waals surface area contributed by atoms with Gasteiger partial charge in [-0.1, -0.05) is 0 Å². The predicted molar refractivity (Wildman–Crippen MR) is 93.8 cm³/mol. The molecule has 134 valence electrons. The van der Waals surface area contributed by atoms with Gasteiger partial charge in [-0.2, -0.15) is 5.10 Å². The summed E-state index contributed by atoms with van der Waals surface area (Å²) in [5.41, 5.74) is 0.0800. The number of ether oxygens (including phenoxy) is 1. The van der Waals surface area contributed by atoms with E-state index in [0.29, 0.717) is 35.7 Å². The number of aryl methyl sites for hydroxylation is 1. The van der Waals surface area contributed by atoms with Gasteiger partial charge in [0.1, 0.15) is 11.3 Å². The maximum atomic E-state index is 12.6. The second kappa shape index (κ2) is 7.55. The molecule has 7 nitrogen and oxygen atoms in total. The Labute approximate surface area is 150 Å². The number of carbonyl (C=O) groups excluding carboxylic acids is 2. The van der Waals surface area contributed by atoms with Gasteiger partial charge < -0.3 is 15.0 Å². The lowest BCUT2D eigenvalue weighted by Gasteiger charge is -2.32. The van der Waals surface area contributed by atoms with Gasteiger partial charge >= 0.3 is 6.09 Å². The number of amides is 2. The van der Waals surface area contributed by atoms with Crippen LogP contribution in [0.5, 0.6) is 0 Å². The van der Waals surface area contributed by atoms with Crippen LogP contribution in [0, 0.1) is 5.92 Å². The van der Waals surface area contributed by atoms with Crippen LogP contribution in [0.25, 0.3) is 0 Å². The van der Waals surface area contributed by atoms with Gasteiger partial charge in [-0.3, -0.25) is 9.48 Å². The van der Waals surface area contributed by atoms with Gasteiger partial charge in [0.25, 0.3) is 5.91 Å². The second-order valence-electron chi connectivity index (χ2n) is 7.08. The summed E-state index contributed by atoms with van der Waals surface area (Å²) in [5.74, 6) is 0.344. The summed E-state index contributed by atoms with van der Waals surface area (Å²) >= 11 is 3.37. The van der Waals surface area contributed by atoms with Gasteiger partial charge in [0, 0.05) is 26.7 Å². The number of halogens is 1. The van der Waals surface area contributed by atoms with E-state index in [1.165, 1.54) is 0 Å². The van der Waals surface area contributed by atoms with Crippen LogP contribution >= 0.6 is 15.9 Å². The number of piperidine rings is 1. The number of alkyl carbamates (subject to hydrolysis) is 1. The highest BCUT2D eigenvalue weighted by Gasteiger charge is 2.27. The van der Waals surface area contributed by atoms with Crippen LogP contribution in [-0.2, 0) is 11.8 Å². The van der Waals surface area contributed by atoms with Gasteiger partial charge in [-0.25, -0.2) is 4.79 Å². The third-order valence-electron chi connectivity index (χ3n) is 3.93. The van der Waals surface area contributed by atoms with Crippen molar-refractivity contribution < 1.29 is 14.3 Å². The summed E-state index contributed by atoms with van der Waals surface area (Å²) in [7, 11) is 1.76. The monoisotopic (exact) mass is 400 g/mol. The van der Waals surface area contributed by atoms with Crippen molar-refractivity contribution in [2.24, 2.45) is 13.0 Å². The Morgan fingerprint density at radius 2 is 2.00 bits per heavy atom. The lowest BCUT2D eigenvalue weighted by Crippen LogP contribution is -2.42. The zero-order valence-corrected chi connectivity index (χ0v) is 16.2. The first-order chi connectivity index (χ1) is 11.2. The minimum absolute atomic E-state index is 0.0135. The summed E-state index contributed by atoms with van der Waals surface area (Å²) in [6.45, 7) is 7.45. The molecule has 1 aliphatic heterocycles. The number of carbonyl (C=O) groups is 2. The molecule has 0 aliphatic carbocycles. The smallest absolute Gasteiger partial charge is 0.407 e. The van der Waals surface area contributed by atoms with Crippen molar-refractivity contribution in [3.63, 3.8) is 0 Å². The Hall–Kier alpha value is -1.57. The average Bonchev–Trinajstić information content (AvgIpc) is 2.82. The molecule has 1 saturated heterocycles. The molecule has 8 heteroatoms. The van der Waals surface area contributed by atoms with E-state index in [2.05, 4.69) is 26.3 Å². The zero-order chi connectivity index (χ0) is 17.9. The SMILES string of the molecule is Cn1ncc(Br)c1C(=O)N1CCC(CNC(=O)OC(C)(C)C)CC1. The molecule has 0 radical (unpaired) electrons. The highest BCUT2D eigenvalue weighted by atomic mass is 79.9. The molecule has 1 aromatic heterocycles. The third-order valence-corrected chi connectivity index (χ3v) is 4.51. The van der Waals surface area contributed by atoms with Crippen molar-refractivity contribution in [1.29, 1.82) is 0 Å². The summed E-state index contributed by atoms with van der Waals surface area (Å²) in [4.78, 5) is 26.1. The third kappa shape index (κ3) is 4.96. The van der Waals surface area contributed by atoms with E-state index in [9.17, 15) is 9.59 Å². The van der Waals surface area contributed by atoms with Crippen LogP contribution in [0.1, 0.15) is 44.1 Å². The fraction of sp³-hybridized carbons (Fsp3) is 0.688. The van der Waals surface area contributed by atoms with Crippen molar-refractivity contribution in [1.82, 2.24) is 20.0 Å². The molecule has 0 saturated carbocycles. The van der Waals surface area contributed by atoms with Crippen molar-refractivity contribution >= 4 is 27.9 Å². The first kappa shape index (κ1) is 18.8. The molecule has 2 amide bonds. The molecule has 1 aromatic rings. The number of nitrogens with zero attached hydrogens (tertiary/aromatic N) is 3. The molecule has 2 heterocycles. The Morgan fingerprint density at radius 3 is 2.50 bits per heavy atom. The van der Waals surface area contributed by atoms with E-state index in [0.717, 1.165) is 12.8 Å².